The summed E-state index contributed by atoms with van der Waals surface area (Å²) in [5.41, 5.74) is 3.06. The Labute approximate surface area is 146 Å². The lowest BCUT2D eigenvalue weighted by Gasteiger charge is -2.08. The van der Waals surface area contributed by atoms with Crippen molar-refractivity contribution in [3.8, 4) is 11.8 Å². The number of anilines is 1. The molecule has 24 heavy (non-hydrogen) atoms. The second-order valence-corrected chi connectivity index (χ2v) is 6.33. The Bertz CT molecular complexity index is 784. The Hall–Kier alpha value is -2.52. The molecule has 0 aliphatic rings. The first kappa shape index (κ1) is 17.8. The average molecular weight is 341 g/mol. The average Bonchev–Trinajstić information content (AvgIpc) is 2.54. The molecule has 1 aromatic heterocycles. The zero-order valence-corrected chi connectivity index (χ0v) is 14.7. The summed E-state index contributed by atoms with van der Waals surface area (Å²) in [4.78, 5) is 16.4. The van der Waals surface area contributed by atoms with E-state index in [9.17, 15) is 10.1 Å². The second kappa shape index (κ2) is 8.37. The number of aromatic nitrogens is 1. The normalized spacial score (nSPS) is 10.1. The van der Waals surface area contributed by atoms with Gasteiger partial charge >= 0.3 is 0 Å². The van der Waals surface area contributed by atoms with Gasteiger partial charge in [-0.1, -0.05) is 6.07 Å². The van der Waals surface area contributed by atoms with Crippen LogP contribution >= 0.6 is 11.8 Å². The van der Waals surface area contributed by atoms with Crippen molar-refractivity contribution in [2.75, 3.05) is 18.2 Å². The van der Waals surface area contributed by atoms with Crippen LogP contribution in [0.3, 0.4) is 0 Å². The molecule has 0 aliphatic heterocycles. The first-order chi connectivity index (χ1) is 11.5. The fourth-order valence-corrected chi connectivity index (χ4v) is 3.25. The van der Waals surface area contributed by atoms with Crippen molar-refractivity contribution < 1.29 is 9.53 Å². The quantitative estimate of drug-likeness (QED) is 0.811. The fraction of sp³-hybridized carbons (Fsp3) is 0.278. The minimum absolute atomic E-state index is 0.0846. The van der Waals surface area contributed by atoms with E-state index in [1.54, 1.807) is 13.2 Å². The van der Waals surface area contributed by atoms with Crippen molar-refractivity contribution >= 4 is 23.4 Å². The van der Waals surface area contributed by atoms with Crippen LogP contribution in [0.25, 0.3) is 0 Å². The lowest BCUT2D eigenvalue weighted by Crippen LogP contribution is -2.12. The van der Waals surface area contributed by atoms with Crippen molar-refractivity contribution in [2.45, 2.75) is 25.3 Å². The highest BCUT2D eigenvalue weighted by molar-refractivity contribution is 7.99. The Morgan fingerprint density at radius 3 is 2.88 bits per heavy atom. The zero-order valence-electron chi connectivity index (χ0n) is 13.9. The number of benzene rings is 1. The summed E-state index contributed by atoms with van der Waals surface area (Å²) in [6, 6.07) is 11.3. The van der Waals surface area contributed by atoms with Crippen molar-refractivity contribution in [1.82, 2.24) is 4.98 Å². The Morgan fingerprint density at radius 2 is 2.17 bits per heavy atom. The standard InChI is InChI=1S/C18H19N3O2S/c1-12-9-13(2)20-18(16(12)11-19)24-8-7-17(22)21-14-5-4-6-15(10-14)23-3/h4-6,9-10H,7-8H2,1-3H3,(H,21,22). The minimum Gasteiger partial charge on any atom is -0.497 e. The summed E-state index contributed by atoms with van der Waals surface area (Å²) >= 11 is 1.43. The maximum absolute atomic E-state index is 12.0. The molecule has 1 N–H and O–H groups in total. The summed E-state index contributed by atoms with van der Waals surface area (Å²) in [7, 11) is 1.58. The van der Waals surface area contributed by atoms with E-state index >= 15 is 0 Å². The van der Waals surface area contributed by atoms with Gasteiger partial charge in [-0.05, 0) is 37.6 Å². The maximum atomic E-state index is 12.0. The number of thioether (sulfide) groups is 1. The van der Waals surface area contributed by atoms with Gasteiger partial charge in [-0.2, -0.15) is 5.26 Å². The molecule has 0 saturated carbocycles. The number of nitriles is 1. The van der Waals surface area contributed by atoms with E-state index in [1.165, 1.54) is 11.8 Å². The molecule has 0 saturated heterocycles. The van der Waals surface area contributed by atoms with Crippen LogP contribution in [0.15, 0.2) is 35.4 Å². The number of carbonyl (C=O) groups excluding carboxylic acids is 1. The van der Waals surface area contributed by atoms with Crippen LogP contribution in [-0.4, -0.2) is 23.8 Å². The van der Waals surface area contributed by atoms with E-state index < -0.39 is 0 Å². The van der Waals surface area contributed by atoms with Gasteiger partial charge in [0.1, 0.15) is 16.8 Å². The molecule has 6 heteroatoms. The number of carbonyl (C=O) groups is 1. The van der Waals surface area contributed by atoms with E-state index in [-0.39, 0.29) is 5.91 Å². The number of pyridine rings is 1. The van der Waals surface area contributed by atoms with Crippen molar-refractivity contribution in [2.24, 2.45) is 0 Å². The number of amides is 1. The number of ether oxygens (including phenoxy) is 1. The summed E-state index contributed by atoms with van der Waals surface area (Å²) < 4.78 is 5.13. The smallest absolute Gasteiger partial charge is 0.225 e. The van der Waals surface area contributed by atoms with E-state index in [0.717, 1.165) is 11.3 Å². The highest BCUT2D eigenvalue weighted by atomic mass is 32.2. The molecule has 2 rings (SSSR count). The van der Waals surface area contributed by atoms with Crippen molar-refractivity contribution in [3.05, 3.63) is 47.2 Å². The van der Waals surface area contributed by atoms with Crippen molar-refractivity contribution in [3.63, 3.8) is 0 Å². The molecule has 2 aromatic rings. The lowest BCUT2D eigenvalue weighted by molar-refractivity contribution is -0.115. The number of aryl methyl sites for hydroxylation is 2. The van der Waals surface area contributed by atoms with Crippen LogP contribution in [0, 0.1) is 25.2 Å². The van der Waals surface area contributed by atoms with Gasteiger partial charge in [0, 0.05) is 29.6 Å². The SMILES string of the molecule is COc1cccc(NC(=O)CCSc2nc(C)cc(C)c2C#N)c1. The van der Waals surface area contributed by atoms with Gasteiger partial charge < -0.3 is 10.1 Å². The summed E-state index contributed by atoms with van der Waals surface area (Å²) in [6.07, 6.45) is 0.335. The van der Waals surface area contributed by atoms with Gasteiger partial charge in [-0.3, -0.25) is 4.79 Å². The van der Waals surface area contributed by atoms with Crippen LogP contribution in [0.4, 0.5) is 5.69 Å². The number of nitrogens with one attached hydrogen (secondary N) is 1. The predicted octanol–water partition coefficient (Wildman–Crippen LogP) is 3.70. The summed E-state index contributed by atoms with van der Waals surface area (Å²) in [6.45, 7) is 3.79. The van der Waals surface area contributed by atoms with Gasteiger partial charge in [-0.25, -0.2) is 4.98 Å². The Balaban J connectivity index is 1.92. The molecular formula is C18H19N3O2S. The van der Waals surface area contributed by atoms with Gasteiger partial charge in [0.15, 0.2) is 0 Å². The summed E-state index contributed by atoms with van der Waals surface area (Å²) in [5.74, 6) is 1.17. The van der Waals surface area contributed by atoms with Crippen LogP contribution in [-0.2, 0) is 4.79 Å². The first-order valence-electron chi connectivity index (χ1n) is 7.48. The molecule has 1 amide bonds. The molecule has 0 atom stereocenters. The Morgan fingerprint density at radius 1 is 1.38 bits per heavy atom. The molecule has 0 fully saturated rings. The number of rotatable bonds is 6. The van der Waals surface area contributed by atoms with Crippen LogP contribution < -0.4 is 10.1 Å². The predicted molar refractivity (Wildman–Crippen MR) is 95.4 cm³/mol. The first-order valence-corrected chi connectivity index (χ1v) is 8.47. The topological polar surface area (TPSA) is 75.0 Å². The van der Waals surface area contributed by atoms with E-state index in [4.69, 9.17) is 4.74 Å². The third-order valence-corrected chi connectivity index (χ3v) is 4.32. The molecule has 5 nitrogen and oxygen atoms in total. The zero-order chi connectivity index (χ0) is 17.5. The monoisotopic (exact) mass is 341 g/mol. The second-order valence-electron chi connectivity index (χ2n) is 5.25. The Kier molecular flexibility index (Phi) is 6.21. The van der Waals surface area contributed by atoms with E-state index in [0.29, 0.717) is 34.2 Å². The number of nitrogens with zero attached hydrogens (tertiary/aromatic N) is 2. The third kappa shape index (κ3) is 4.74. The van der Waals surface area contributed by atoms with Crippen LogP contribution in [0.2, 0.25) is 0 Å². The van der Waals surface area contributed by atoms with Crippen LogP contribution in [0.5, 0.6) is 5.75 Å². The third-order valence-electron chi connectivity index (χ3n) is 3.34. The molecule has 1 heterocycles. The fourth-order valence-electron chi connectivity index (χ4n) is 2.21. The number of methoxy groups -OCH3 is 1. The highest BCUT2D eigenvalue weighted by Gasteiger charge is 2.10. The van der Waals surface area contributed by atoms with Crippen LogP contribution in [0.1, 0.15) is 23.2 Å². The maximum Gasteiger partial charge on any atom is 0.225 e. The molecule has 0 radical (unpaired) electrons. The molecule has 0 spiro atoms. The summed E-state index contributed by atoms with van der Waals surface area (Å²) in [5, 5.41) is 12.8. The molecule has 0 aliphatic carbocycles. The van der Waals surface area contributed by atoms with Gasteiger partial charge in [-0.15, -0.1) is 11.8 Å². The van der Waals surface area contributed by atoms with E-state index in [1.807, 2.05) is 38.1 Å². The number of hydrogen-bond donors (Lipinski definition) is 1. The van der Waals surface area contributed by atoms with Crippen molar-refractivity contribution in [1.29, 1.82) is 5.26 Å². The molecule has 1 aromatic carbocycles. The van der Waals surface area contributed by atoms with E-state index in [2.05, 4.69) is 16.4 Å². The minimum atomic E-state index is -0.0846. The molecular weight excluding hydrogens is 322 g/mol. The van der Waals surface area contributed by atoms with Gasteiger partial charge in [0.2, 0.25) is 5.91 Å². The molecule has 0 bridgehead atoms. The number of hydrogen-bond acceptors (Lipinski definition) is 5. The molecule has 0 unspecified atom stereocenters. The molecule has 124 valence electrons. The highest BCUT2D eigenvalue weighted by Crippen LogP contribution is 2.24. The van der Waals surface area contributed by atoms with Gasteiger partial charge in [0.25, 0.3) is 0 Å². The largest absolute Gasteiger partial charge is 0.497 e. The lowest BCUT2D eigenvalue weighted by atomic mass is 10.1. The van der Waals surface area contributed by atoms with Gasteiger partial charge in [0.05, 0.1) is 12.7 Å².